The van der Waals surface area contributed by atoms with Crippen molar-refractivity contribution in [3.8, 4) is 17.0 Å². The molecule has 2 aromatic heterocycles. The van der Waals surface area contributed by atoms with Crippen molar-refractivity contribution in [3.63, 3.8) is 0 Å². The molecule has 1 aromatic carbocycles. The van der Waals surface area contributed by atoms with Crippen molar-refractivity contribution in [1.29, 1.82) is 0 Å². The predicted octanol–water partition coefficient (Wildman–Crippen LogP) is 4.55. The largest absolute Gasteiger partial charge is 0.491 e. The average Bonchev–Trinajstić information content (AvgIpc) is 3.40. The molecule has 2 N–H and O–H groups in total. The van der Waals surface area contributed by atoms with E-state index in [4.69, 9.17) is 27.9 Å². The number of nitrogens with zero attached hydrogens (tertiary/aromatic N) is 4. The summed E-state index contributed by atoms with van der Waals surface area (Å²) < 4.78 is 7.92. The first-order valence-corrected chi connectivity index (χ1v) is 11.9. The van der Waals surface area contributed by atoms with Gasteiger partial charge in [0, 0.05) is 22.3 Å². The van der Waals surface area contributed by atoms with Crippen molar-refractivity contribution in [2.75, 3.05) is 6.61 Å². The molecule has 3 aromatic rings. The lowest BCUT2D eigenvalue weighted by molar-refractivity contribution is -0.0434. The monoisotopic (exact) mass is 486 g/mol. The van der Waals surface area contributed by atoms with E-state index in [2.05, 4.69) is 20.6 Å². The topological polar surface area (TPSA) is 88.1 Å². The van der Waals surface area contributed by atoms with E-state index in [0.29, 0.717) is 53.3 Å². The van der Waals surface area contributed by atoms with E-state index in [1.165, 1.54) is 0 Å². The molecule has 10 heteroatoms. The second-order valence-electron chi connectivity index (χ2n) is 9.40. The summed E-state index contributed by atoms with van der Waals surface area (Å²) in [6.07, 6.45) is 5.26. The average molecular weight is 487 g/mol. The number of aryl methyl sites for hydroxylation is 1. The van der Waals surface area contributed by atoms with Crippen LogP contribution < -0.4 is 10.1 Å². The number of carbonyl (C=O) groups is 1. The lowest BCUT2D eigenvalue weighted by atomic mass is 9.50. The van der Waals surface area contributed by atoms with E-state index in [9.17, 15) is 4.79 Å². The third kappa shape index (κ3) is 3.65. The molecule has 0 spiro atoms. The third-order valence-corrected chi connectivity index (χ3v) is 7.47. The molecular formula is C23H24Cl2N6O2. The molecule has 0 atom stereocenters. The van der Waals surface area contributed by atoms with E-state index in [1.807, 2.05) is 28.8 Å². The molecule has 2 bridgehead atoms. The summed E-state index contributed by atoms with van der Waals surface area (Å²) in [5, 5.41) is 16.2. The number of ether oxygens (including phenoxy) is 1. The number of amides is 2. The number of carbonyl (C=O) groups excluding carboxylic acids is 1. The Bertz CT molecular complexity index is 1230. The van der Waals surface area contributed by atoms with Gasteiger partial charge in [0.05, 0.1) is 41.6 Å². The molecule has 4 aliphatic rings. The summed E-state index contributed by atoms with van der Waals surface area (Å²) in [5.74, 6) is 1.37. The molecule has 0 radical (unpaired) electrons. The van der Waals surface area contributed by atoms with Crippen molar-refractivity contribution >= 4 is 29.2 Å². The predicted molar refractivity (Wildman–Crippen MR) is 124 cm³/mol. The number of urea groups is 1. The molecule has 3 saturated carbocycles. The maximum absolute atomic E-state index is 12.9. The number of aromatic amines is 1. The number of H-pyrrole nitrogens is 1. The van der Waals surface area contributed by atoms with E-state index in [-0.39, 0.29) is 11.6 Å². The van der Waals surface area contributed by atoms with Crippen molar-refractivity contribution in [2.24, 2.45) is 5.92 Å². The van der Waals surface area contributed by atoms with Gasteiger partial charge in [-0.1, -0.05) is 23.2 Å². The van der Waals surface area contributed by atoms with Crippen LogP contribution in [0.5, 0.6) is 5.75 Å². The number of halogens is 2. The third-order valence-electron chi connectivity index (χ3n) is 6.96. The van der Waals surface area contributed by atoms with Crippen molar-refractivity contribution in [3.05, 3.63) is 51.4 Å². The van der Waals surface area contributed by atoms with Crippen LogP contribution in [-0.4, -0.2) is 43.1 Å². The van der Waals surface area contributed by atoms with Crippen LogP contribution in [0.2, 0.25) is 10.0 Å². The number of nitrogens with one attached hydrogen (secondary N) is 2. The van der Waals surface area contributed by atoms with Crippen LogP contribution in [0.15, 0.2) is 24.4 Å². The molecule has 3 aliphatic carbocycles. The first-order chi connectivity index (χ1) is 15.9. The van der Waals surface area contributed by atoms with Gasteiger partial charge in [-0.2, -0.15) is 10.2 Å². The van der Waals surface area contributed by atoms with Crippen LogP contribution >= 0.6 is 23.2 Å². The van der Waals surface area contributed by atoms with Gasteiger partial charge < -0.3 is 15.0 Å². The second kappa shape index (κ2) is 7.67. The molecular weight excluding hydrogens is 463 g/mol. The van der Waals surface area contributed by atoms with Gasteiger partial charge in [-0.05, 0) is 50.3 Å². The van der Waals surface area contributed by atoms with E-state index in [0.717, 1.165) is 42.1 Å². The summed E-state index contributed by atoms with van der Waals surface area (Å²) in [6.45, 7) is 3.90. The van der Waals surface area contributed by atoms with Crippen molar-refractivity contribution in [2.45, 2.75) is 51.4 Å². The van der Waals surface area contributed by atoms with Gasteiger partial charge in [0.25, 0.3) is 0 Å². The maximum Gasteiger partial charge on any atom is 0.318 e. The smallest absolute Gasteiger partial charge is 0.318 e. The maximum atomic E-state index is 12.9. The van der Waals surface area contributed by atoms with Gasteiger partial charge >= 0.3 is 6.03 Å². The van der Waals surface area contributed by atoms with Gasteiger partial charge in [0.1, 0.15) is 18.1 Å². The Kier molecular flexibility index (Phi) is 4.85. The van der Waals surface area contributed by atoms with Crippen LogP contribution in [-0.2, 0) is 19.6 Å². The zero-order valence-electron chi connectivity index (χ0n) is 18.2. The van der Waals surface area contributed by atoms with Gasteiger partial charge in [0.2, 0.25) is 0 Å². The number of aromatic nitrogens is 4. The quantitative estimate of drug-likeness (QED) is 0.534. The first-order valence-electron chi connectivity index (χ1n) is 11.1. The Hall–Kier alpha value is -2.71. The molecule has 1 aliphatic heterocycles. The Morgan fingerprint density at radius 1 is 1.30 bits per heavy atom. The zero-order valence-corrected chi connectivity index (χ0v) is 19.7. The highest BCUT2D eigenvalue weighted by Gasteiger charge is 2.57. The Labute approximate surface area is 201 Å². The summed E-state index contributed by atoms with van der Waals surface area (Å²) in [5.41, 5.74) is 4.25. The Morgan fingerprint density at radius 3 is 2.82 bits per heavy atom. The van der Waals surface area contributed by atoms with Crippen LogP contribution in [0.1, 0.15) is 36.2 Å². The van der Waals surface area contributed by atoms with E-state index < -0.39 is 0 Å². The summed E-state index contributed by atoms with van der Waals surface area (Å²) in [7, 11) is 0. The molecule has 2 amide bonds. The van der Waals surface area contributed by atoms with Gasteiger partial charge in [-0.15, -0.1) is 0 Å². The number of hydrogen-bond acceptors (Lipinski definition) is 4. The highest BCUT2D eigenvalue weighted by molar-refractivity contribution is 6.37. The fraction of sp³-hybridized carbons (Fsp3) is 0.435. The molecule has 8 nitrogen and oxygen atoms in total. The molecule has 0 saturated heterocycles. The number of hydrogen-bond donors (Lipinski definition) is 2. The van der Waals surface area contributed by atoms with Crippen molar-refractivity contribution < 1.29 is 9.53 Å². The minimum Gasteiger partial charge on any atom is -0.491 e. The minimum absolute atomic E-state index is 0.0168. The zero-order chi connectivity index (χ0) is 22.7. The van der Waals surface area contributed by atoms with Crippen molar-refractivity contribution in [1.82, 2.24) is 30.2 Å². The molecule has 33 heavy (non-hydrogen) atoms. The van der Waals surface area contributed by atoms with Crippen LogP contribution in [0.25, 0.3) is 11.3 Å². The standard InChI is InChI=1S/C23H24Cl2N6O2/c1-13-2-3-31(29-13)4-5-33-19-7-15(24)6-17(25)20(19)21-16-11-30(12-18(16)27-28-21)22(32)26-23-8-14(9-23)10-23/h2-3,6-7,14H,4-5,8-12H2,1H3,(H,26,32)(H,27,28). The van der Waals surface area contributed by atoms with Gasteiger partial charge in [-0.25, -0.2) is 4.79 Å². The van der Waals surface area contributed by atoms with E-state index in [1.54, 1.807) is 12.1 Å². The van der Waals surface area contributed by atoms with Gasteiger partial charge in [-0.3, -0.25) is 9.78 Å². The summed E-state index contributed by atoms with van der Waals surface area (Å²) in [4.78, 5) is 14.7. The molecule has 3 heterocycles. The molecule has 7 rings (SSSR count). The fourth-order valence-corrected chi connectivity index (χ4v) is 5.72. The summed E-state index contributed by atoms with van der Waals surface area (Å²) in [6, 6.07) is 5.37. The Morgan fingerprint density at radius 2 is 2.12 bits per heavy atom. The van der Waals surface area contributed by atoms with E-state index >= 15 is 0 Å². The highest BCUT2D eigenvalue weighted by atomic mass is 35.5. The molecule has 0 unspecified atom stereocenters. The molecule has 172 valence electrons. The lowest BCUT2D eigenvalue weighted by Gasteiger charge is -2.61. The summed E-state index contributed by atoms with van der Waals surface area (Å²) >= 11 is 12.9. The minimum atomic E-state index is -0.0168. The lowest BCUT2D eigenvalue weighted by Crippen LogP contribution is -2.69. The second-order valence-corrected chi connectivity index (χ2v) is 10.2. The highest BCUT2D eigenvalue weighted by Crippen LogP contribution is 2.57. The number of fused-ring (bicyclic) bond motifs is 1. The Balaban J connectivity index is 1.21. The molecule has 3 fully saturated rings. The first kappa shape index (κ1) is 20.9. The van der Waals surface area contributed by atoms with Crippen LogP contribution in [0, 0.1) is 12.8 Å². The van der Waals surface area contributed by atoms with Crippen LogP contribution in [0.3, 0.4) is 0 Å². The fourth-order valence-electron chi connectivity index (χ4n) is 5.16. The van der Waals surface area contributed by atoms with Crippen LogP contribution in [0.4, 0.5) is 4.79 Å². The normalized spacial score (nSPS) is 22.5. The number of rotatable bonds is 6. The van der Waals surface area contributed by atoms with Gasteiger partial charge in [0.15, 0.2) is 0 Å². The SMILES string of the molecule is Cc1ccn(CCOc2cc(Cl)cc(Cl)c2-c2n[nH]c3c2CN(C(=O)NC24CC(C2)C4)C3)n1. The number of benzene rings is 1.